The third kappa shape index (κ3) is 6.13. The fourth-order valence-electron chi connectivity index (χ4n) is 1.12. The Labute approximate surface area is 102 Å². The number of benzene rings is 1. The predicted octanol–water partition coefficient (Wildman–Crippen LogP) is 1.95. The van der Waals surface area contributed by atoms with Gasteiger partial charge in [0.15, 0.2) is 0 Å². The van der Waals surface area contributed by atoms with Crippen molar-refractivity contribution in [2.75, 3.05) is 19.8 Å². The molecule has 0 aromatic heterocycles. The highest BCUT2D eigenvalue weighted by molar-refractivity contribution is 5.39. The molecule has 0 saturated carbocycles. The van der Waals surface area contributed by atoms with Crippen molar-refractivity contribution in [2.45, 2.75) is 6.36 Å². The minimum atomic E-state index is -4.64. The Bertz CT molecular complexity index is 432. The molecule has 0 aliphatic heterocycles. The molecule has 1 aromatic carbocycles. The summed E-state index contributed by atoms with van der Waals surface area (Å²) < 4.78 is 43.6. The van der Waals surface area contributed by atoms with Crippen LogP contribution in [0, 0.1) is 11.8 Å². The summed E-state index contributed by atoms with van der Waals surface area (Å²) in [5, 5.41) is 8.52. The van der Waals surface area contributed by atoms with Gasteiger partial charge >= 0.3 is 6.36 Å². The molecular formula is C12H11F3O3. The number of aliphatic hydroxyl groups is 1. The van der Waals surface area contributed by atoms with Crippen molar-refractivity contribution >= 4 is 0 Å². The van der Waals surface area contributed by atoms with Crippen LogP contribution in [0.25, 0.3) is 0 Å². The summed E-state index contributed by atoms with van der Waals surface area (Å²) in [5.74, 6) is 5.51. The number of halogens is 3. The Morgan fingerprint density at radius 3 is 2.67 bits per heavy atom. The molecule has 0 amide bonds. The van der Waals surface area contributed by atoms with Crippen molar-refractivity contribution in [1.82, 2.24) is 0 Å². The number of aliphatic hydroxyl groups excluding tert-OH is 1. The first-order chi connectivity index (χ1) is 8.51. The van der Waals surface area contributed by atoms with Gasteiger partial charge in [0.1, 0.15) is 19.0 Å². The Morgan fingerprint density at radius 2 is 2.00 bits per heavy atom. The van der Waals surface area contributed by atoms with Gasteiger partial charge in [0.05, 0.1) is 6.61 Å². The molecule has 3 nitrogen and oxygen atoms in total. The first kappa shape index (κ1) is 14.4. The van der Waals surface area contributed by atoms with Crippen LogP contribution >= 0.6 is 0 Å². The van der Waals surface area contributed by atoms with E-state index in [1.807, 2.05) is 0 Å². The molecule has 1 aromatic rings. The van der Waals surface area contributed by atoms with Gasteiger partial charge in [-0.15, -0.1) is 13.2 Å². The number of hydrogen-bond acceptors (Lipinski definition) is 3. The Balaban J connectivity index is 2.43. The van der Waals surface area contributed by atoms with E-state index >= 15 is 0 Å². The van der Waals surface area contributed by atoms with E-state index in [0.717, 1.165) is 0 Å². The summed E-state index contributed by atoms with van der Waals surface area (Å²) in [6.07, 6.45) is -4.64. The van der Waals surface area contributed by atoms with Crippen molar-refractivity contribution < 1.29 is 27.8 Å². The van der Waals surface area contributed by atoms with Crippen LogP contribution in [0.2, 0.25) is 0 Å². The van der Waals surface area contributed by atoms with Crippen LogP contribution in [0.15, 0.2) is 24.3 Å². The highest BCUT2D eigenvalue weighted by Gasteiger charge is 2.28. The van der Waals surface area contributed by atoms with Crippen molar-refractivity contribution in [1.29, 1.82) is 0 Å². The largest absolute Gasteiger partial charge is 0.522 e. The smallest absolute Gasteiger partial charge is 0.491 e. The van der Waals surface area contributed by atoms with E-state index in [9.17, 15) is 13.2 Å². The van der Waals surface area contributed by atoms with Gasteiger partial charge in [-0.1, -0.05) is 17.9 Å². The fourth-order valence-corrected chi connectivity index (χ4v) is 1.12. The molecule has 18 heavy (non-hydrogen) atoms. The lowest BCUT2D eigenvalue weighted by atomic mass is 10.2. The van der Waals surface area contributed by atoms with E-state index in [1.165, 1.54) is 0 Å². The summed E-state index contributed by atoms with van der Waals surface area (Å²) in [6, 6.07) is 6.51. The maximum Gasteiger partial charge on any atom is 0.522 e. The second-order valence-corrected chi connectivity index (χ2v) is 3.13. The van der Waals surface area contributed by atoms with Gasteiger partial charge in [-0.3, -0.25) is 4.74 Å². The zero-order chi connectivity index (χ0) is 13.4. The molecule has 0 aliphatic rings. The van der Waals surface area contributed by atoms with E-state index in [1.54, 1.807) is 24.3 Å². The maximum absolute atomic E-state index is 11.7. The van der Waals surface area contributed by atoms with E-state index in [2.05, 4.69) is 16.6 Å². The third-order valence-electron chi connectivity index (χ3n) is 1.76. The van der Waals surface area contributed by atoms with Crippen LogP contribution in [0.3, 0.4) is 0 Å². The van der Waals surface area contributed by atoms with Gasteiger partial charge in [-0.05, 0) is 18.2 Å². The molecule has 0 bridgehead atoms. The van der Waals surface area contributed by atoms with E-state index < -0.39 is 13.0 Å². The number of ether oxygens (including phenoxy) is 2. The SMILES string of the molecule is OCC#Cc1cccc(OCCOC(F)(F)F)c1. The lowest BCUT2D eigenvalue weighted by molar-refractivity contribution is -0.325. The topological polar surface area (TPSA) is 38.7 Å². The minimum absolute atomic E-state index is 0.212. The first-order valence-corrected chi connectivity index (χ1v) is 5.04. The van der Waals surface area contributed by atoms with Crippen LogP contribution in [0.5, 0.6) is 5.75 Å². The highest BCUT2D eigenvalue weighted by Crippen LogP contribution is 2.16. The van der Waals surface area contributed by atoms with Crippen LogP contribution in [0.4, 0.5) is 13.2 Å². The van der Waals surface area contributed by atoms with Crippen LogP contribution in [-0.2, 0) is 4.74 Å². The van der Waals surface area contributed by atoms with Gasteiger partial charge in [-0.2, -0.15) is 0 Å². The van der Waals surface area contributed by atoms with Crippen molar-refractivity contribution in [2.24, 2.45) is 0 Å². The summed E-state index contributed by atoms with van der Waals surface area (Å²) >= 11 is 0. The molecule has 0 heterocycles. The zero-order valence-corrected chi connectivity index (χ0v) is 9.33. The summed E-state index contributed by atoms with van der Waals surface area (Å²) in [4.78, 5) is 0. The molecule has 0 atom stereocenters. The second kappa shape index (κ2) is 6.89. The van der Waals surface area contributed by atoms with Crippen molar-refractivity contribution in [3.8, 4) is 17.6 Å². The molecular weight excluding hydrogens is 249 g/mol. The van der Waals surface area contributed by atoms with Gasteiger partial charge < -0.3 is 9.84 Å². The number of rotatable bonds is 4. The average Bonchev–Trinajstić information content (AvgIpc) is 2.31. The van der Waals surface area contributed by atoms with Gasteiger partial charge in [-0.25, -0.2) is 0 Å². The van der Waals surface area contributed by atoms with Gasteiger partial charge in [0.25, 0.3) is 0 Å². The summed E-state index contributed by atoms with van der Waals surface area (Å²) in [6.45, 7) is -1.04. The molecule has 0 radical (unpaired) electrons. The lowest BCUT2D eigenvalue weighted by Crippen LogP contribution is -2.18. The Morgan fingerprint density at radius 1 is 1.22 bits per heavy atom. The highest BCUT2D eigenvalue weighted by atomic mass is 19.4. The van der Waals surface area contributed by atoms with Crippen LogP contribution in [0.1, 0.15) is 5.56 Å². The fraction of sp³-hybridized carbons (Fsp3) is 0.333. The molecule has 1 N–H and O–H groups in total. The number of hydrogen-bond donors (Lipinski definition) is 1. The molecule has 98 valence electrons. The van der Waals surface area contributed by atoms with E-state index in [-0.39, 0.29) is 13.2 Å². The van der Waals surface area contributed by atoms with E-state index in [4.69, 9.17) is 9.84 Å². The average molecular weight is 260 g/mol. The predicted molar refractivity (Wildman–Crippen MR) is 57.9 cm³/mol. The molecule has 0 saturated heterocycles. The third-order valence-corrected chi connectivity index (χ3v) is 1.76. The monoisotopic (exact) mass is 260 g/mol. The molecule has 0 spiro atoms. The Kier molecular flexibility index (Phi) is 5.49. The molecule has 0 fully saturated rings. The van der Waals surface area contributed by atoms with Gasteiger partial charge in [0.2, 0.25) is 0 Å². The van der Waals surface area contributed by atoms with Crippen molar-refractivity contribution in [3.63, 3.8) is 0 Å². The standard InChI is InChI=1S/C12H11F3O3/c13-12(14,15)18-8-7-17-11-5-1-3-10(9-11)4-2-6-16/h1,3,5,9,16H,6-8H2. The van der Waals surface area contributed by atoms with E-state index in [0.29, 0.717) is 11.3 Å². The molecule has 0 aliphatic carbocycles. The molecule has 6 heteroatoms. The minimum Gasteiger partial charge on any atom is -0.491 e. The van der Waals surface area contributed by atoms with Crippen molar-refractivity contribution in [3.05, 3.63) is 29.8 Å². The van der Waals surface area contributed by atoms with Crippen LogP contribution in [-0.4, -0.2) is 31.3 Å². The second-order valence-electron chi connectivity index (χ2n) is 3.13. The quantitative estimate of drug-likeness (QED) is 0.664. The molecule has 0 unspecified atom stereocenters. The summed E-state index contributed by atoms with van der Waals surface area (Å²) in [5.41, 5.74) is 0.610. The Hall–Kier alpha value is -1.71. The lowest BCUT2D eigenvalue weighted by Gasteiger charge is -2.09. The summed E-state index contributed by atoms with van der Waals surface area (Å²) in [7, 11) is 0. The maximum atomic E-state index is 11.7. The van der Waals surface area contributed by atoms with Gasteiger partial charge in [0, 0.05) is 5.56 Å². The number of alkyl halides is 3. The van der Waals surface area contributed by atoms with Crippen LogP contribution < -0.4 is 4.74 Å². The first-order valence-electron chi connectivity index (χ1n) is 5.04. The normalized spacial score (nSPS) is 10.7. The zero-order valence-electron chi connectivity index (χ0n) is 9.33. The molecule has 1 rings (SSSR count).